The van der Waals surface area contributed by atoms with Crippen LogP contribution in [-0.2, 0) is 10.5 Å². The van der Waals surface area contributed by atoms with Gasteiger partial charge in [0.05, 0.1) is 7.11 Å². The summed E-state index contributed by atoms with van der Waals surface area (Å²) in [6.45, 7) is 2.57. The zero-order valence-electron chi connectivity index (χ0n) is 13.1. The molecular weight excluding hydrogens is 276 g/mol. The molecule has 2 aromatic carbocycles. The molecule has 1 unspecified atom stereocenters. The van der Waals surface area contributed by atoms with E-state index in [1.807, 2.05) is 18.2 Å². The number of ether oxygens (including phenoxy) is 2. The van der Waals surface area contributed by atoms with Crippen LogP contribution in [0.1, 0.15) is 5.56 Å². The van der Waals surface area contributed by atoms with Gasteiger partial charge in [0.25, 0.3) is 0 Å². The van der Waals surface area contributed by atoms with Crippen molar-refractivity contribution in [1.82, 2.24) is 5.32 Å². The Morgan fingerprint density at radius 2 is 1.73 bits per heavy atom. The first-order chi connectivity index (χ1) is 10.8. The summed E-state index contributed by atoms with van der Waals surface area (Å²) in [4.78, 5) is 2.32. The predicted molar refractivity (Wildman–Crippen MR) is 88.3 cm³/mol. The van der Waals surface area contributed by atoms with Gasteiger partial charge >= 0.3 is 0 Å². The Bertz CT molecular complexity index is 600. The summed E-state index contributed by atoms with van der Waals surface area (Å²) in [6, 6.07) is 18.5. The van der Waals surface area contributed by atoms with Crippen LogP contribution in [0.25, 0.3) is 0 Å². The first kappa shape index (κ1) is 14.9. The maximum atomic E-state index is 6.02. The lowest BCUT2D eigenvalue weighted by atomic mass is 9.97. The fourth-order valence-electron chi connectivity index (χ4n) is 3.08. The molecule has 1 heterocycles. The van der Waals surface area contributed by atoms with Crippen molar-refractivity contribution < 1.29 is 9.47 Å². The van der Waals surface area contributed by atoms with Gasteiger partial charge in [-0.25, -0.2) is 0 Å². The Balaban J connectivity index is 2.02. The lowest BCUT2D eigenvalue weighted by molar-refractivity contribution is -0.0259. The van der Waals surface area contributed by atoms with E-state index < -0.39 is 5.72 Å². The molecule has 1 atom stereocenters. The highest BCUT2D eigenvalue weighted by Crippen LogP contribution is 2.35. The molecule has 1 N–H and O–H groups in total. The molecule has 1 aliphatic heterocycles. The number of methoxy groups -OCH3 is 2. The molecule has 0 amide bonds. The summed E-state index contributed by atoms with van der Waals surface area (Å²) in [5, 5.41) is 3.46. The highest BCUT2D eigenvalue weighted by molar-refractivity contribution is 5.53. The van der Waals surface area contributed by atoms with E-state index >= 15 is 0 Å². The minimum absolute atomic E-state index is 0.492. The lowest BCUT2D eigenvalue weighted by Crippen LogP contribution is -2.60. The first-order valence-corrected chi connectivity index (χ1v) is 7.53. The second-order valence-corrected chi connectivity index (χ2v) is 5.38. The molecule has 4 nitrogen and oxygen atoms in total. The number of hydrogen-bond donors (Lipinski definition) is 1. The molecule has 4 heteroatoms. The number of anilines is 1. The summed E-state index contributed by atoms with van der Waals surface area (Å²) in [5.74, 6) is 0.863. The van der Waals surface area contributed by atoms with Gasteiger partial charge in [0.15, 0.2) is 5.72 Å². The Kier molecular flexibility index (Phi) is 4.32. The second kappa shape index (κ2) is 6.38. The highest BCUT2D eigenvalue weighted by atomic mass is 16.5. The quantitative estimate of drug-likeness (QED) is 0.941. The molecule has 0 aromatic heterocycles. The Morgan fingerprint density at radius 1 is 1.00 bits per heavy atom. The van der Waals surface area contributed by atoms with Crippen LogP contribution in [0.4, 0.5) is 5.69 Å². The molecule has 3 rings (SSSR count). The molecule has 1 fully saturated rings. The van der Waals surface area contributed by atoms with Crippen molar-refractivity contribution in [1.29, 1.82) is 0 Å². The van der Waals surface area contributed by atoms with Crippen LogP contribution in [0, 0.1) is 0 Å². The van der Waals surface area contributed by atoms with E-state index in [1.54, 1.807) is 14.2 Å². The Labute approximate surface area is 131 Å². The van der Waals surface area contributed by atoms with Gasteiger partial charge in [-0.05, 0) is 24.3 Å². The van der Waals surface area contributed by atoms with Crippen molar-refractivity contribution in [3.8, 4) is 5.75 Å². The largest absolute Gasteiger partial charge is 0.497 e. The fraction of sp³-hybridized carbons (Fsp3) is 0.333. The average molecular weight is 298 g/mol. The van der Waals surface area contributed by atoms with Crippen LogP contribution >= 0.6 is 0 Å². The maximum absolute atomic E-state index is 6.02. The number of nitrogens with one attached hydrogen (secondary N) is 1. The van der Waals surface area contributed by atoms with Crippen molar-refractivity contribution in [3.05, 3.63) is 60.2 Å². The number of piperazine rings is 1. The van der Waals surface area contributed by atoms with E-state index in [4.69, 9.17) is 9.47 Å². The lowest BCUT2D eigenvalue weighted by Gasteiger charge is -2.48. The van der Waals surface area contributed by atoms with Crippen molar-refractivity contribution in [2.24, 2.45) is 0 Å². The molecular formula is C18H22N2O2. The van der Waals surface area contributed by atoms with Gasteiger partial charge in [-0.15, -0.1) is 0 Å². The Hall–Kier alpha value is -2.04. The minimum atomic E-state index is -0.492. The van der Waals surface area contributed by atoms with E-state index in [0.29, 0.717) is 0 Å². The zero-order valence-corrected chi connectivity index (χ0v) is 13.1. The number of hydrogen-bond acceptors (Lipinski definition) is 4. The van der Waals surface area contributed by atoms with Gasteiger partial charge in [0.2, 0.25) is 0 Å². The SMILES string of the molecule is COc1ccc(N2CCNCC2(OC)c2ccccc2)cc1. The monoisotopic (exact) mass is 298 g/mol. The predicted octanol–water partition coefficient (Wildman–Crippen LogP) is 2.60. The van der Waals surface area contributed by atoms with Crippen molar-refractivity contribution in [3.63, 3.8) is 0 Å². The molecule has 0 saturated carbocycles. The first-order valence-electron chi connectivity index (χ1n) is 7.53. The highest BCUT2D eigenvalue weighted by Gasteiger charge is 2.41. The zero-order chi connectivity index (χ0) is 15.4. The van der Waals surface area contributed by atoms with Crippen LogP contribution in [0.15, 0.2) is 54.6 Å². The number of nitrogens with zero attached hydrogens (tertiary/aromatic N) is 1. The maximum Gasteiger partial charge on any atom is 0.179 e. The van der Waals surface area contributed by atoms with Gasteiger partial charge in [-0.1, -0.05) is 30.3 Å². The summed E-state index contributed by atoms with van der Waals surface area (Å²) in [7, 11) is 3.46. The van der Waals surface area contributed by atoms with Gasteiger partial charge in [-0.3, -0.25) is 0 Å². The van der Waals surface area contributed by atoms with Crippen molar-refractivity contribution in [2.45, 2.75) is 5.72 Å². The summed E-state index contributed by atoms with van der Waals surface area (Å²) in [5.41, 5.74) is 1.79. The average Bonchev–Trinajstić information content (AvgIpc) is 2.62. The molecule has 0 spiro atoms. The molecule has 0 aliphatic carbocycles. The summed E-state index contributed by atoms with van der Waals surface area (Å²) < 4.78 is 11.3. The van der Waals surface area contributed by atoms with Crippen LogP contribution in [0.2, 0.25) is 0 Å². The fourth-order valence-corrected chi connectivity index (χ4v) is 3.08. The van der Waals surface area contributed by atoms with Crippen LogP contribution < -0.4 is 15.0 Å². The topological polar surface area (TPSA) is 33.7 Å². The van der Waals surface area contributed by atoms with Crippen LogP contribution in [-0.4, -0.2) is 33.9 Å². The smallest absolute Gasteiger partial charge is 0.179 e. The van der Waals surface area contributed by atoms with Gasteiger partial charge in [0, 0.05) is 38.0 Å². The number of benzene rings is 2. The molecule has 1 saturated heterocycles. The summed E-state index contributed by atoms with van der Waals surface area (Å²) >= 11 is 0. The third-order valence-corrected chi connectivity index (χ3v) is 4.26. The Morgan fingerprint density at radius 3 is 2.36 bits per heavy atom. The van der Waals surface area contributed by atoms with E-state index in [1.165, 1.54) is 0 Å². The normalized spacial score (nSPS) is 21.6. The molecule has 0 radical (unpaired) electrons. The standard InChI is InChI=1S/C18H22N2O2/c1-21-17-10-8-16(9-11-17)20-13-12-19-14-18(20,22-2)15-6-4-3-5-7-15/h3-11,19H,12-14H2,1-2H3. The van der Waals surface area contributed by atoms with Crippen molar-refractivity contribution in [2.75, 3.05) is 38.8 Å². The number of rotatable bonds is 4. The van der Waals surface area contributed by atoms with Crippen molar-refractivity contribution >= 4 is 5.69 Å². The molecule has 2 aromatic rings. The van der Waals surface area contributed by atoms with E-state index in [-0.39, 0.29) is 0 Å². The van der Waals surface area contributed by atoms with E-state index in [0.717, 1.165) is 36.6 Å². The molecule has 116 valence electrons. The van der Waals surface area contributed by atoms with Gasteiger partial charge in [0.1, 0.15) is 5.75 Å². The van der Waals surface area contributed by atoms with E-state index in [2.05, 4.69) is 46.6 Å². The third-order valence-electron chi connectivity index (χ3n) is 4.26. The summed E-state index contributed by atoms with van der Waals surface area (Å²) in [6.07, 6.45) is 0. The van der Waals surface area contributed by atoms with Crippen LogP contribution in [0.3, 0.4) is 0 Å². The van der Waals surface area contributed by atoms with E-state index in [9.17, 15) is 0 Å². The minimum Gasteiger partial charge on any atom is -0.497 e. The second-order valence-electron chi connectivity index (χ2n) is 5.38. The van der Waals surface area contributed by atoms with Gasteiger partial charge in [-0.2, -0.15) is 0 Å². The molecule has 22 heavy (non-hydrogen) atoms. The van der Waals surface area contributed by atoms with Gasteiger partial charge < -0.3 is 19.7 Å². The molecule has 0 bridgehead atoms. The van der Waals surface area contributed by atoms with Crippen LogP contribution in [0.5, 0.6) is 5.75 Å². The molecule has 1 aliphatic rings. The third kappa shape index (κ3) is 2.56.